The van der Waals surface area contributed by atoms with Gasteiger partial charge in [0.15, 0.2) is 0 Å². The van der Waals surface area contributed by atoms with Crippen molar-refractivity contribution in [3.8, 4) is 5.75 Å². The number of nitrogens with zero attached hydrogens (tertiary/aromatic N) is 1. The van der Waals surface area contributed by atoms with Gasteiger partial charge in [0.2, 0.25) is 11.8 Å². The van der Waals surface area contributed by atoms with Crippen molar-refractivity contribution in [3.63, 3.8) is 0 Å². The summed E-state index contributed by atoms with van der Waals surface area (Å²) in [6.07, 6.45) is 5.53. The molecule has 1 atom stereocenters. The van der Waals surface area contributed by atoms with Crippen LogP contribution in [0.1, 0.15) is 50.2 Å². The predicted octanol–water partition coefficient (Wildman–Crippen LogP) is 5.45. The maximum atomic E-state index is 13.3. The highest BCUT2D eigenvalue weighted by Gasteiger charge is 2.28. The Labute approximate surface area is 206 Å². The number of methoxy groups -OCH3 is 1. The third-order valence-corrected chi connectivity index (χ3v) is 7.38. The van der Waals surface area contributed by atoms with E-state index in [1.807, 2.05) is 55.5 Å². The van der Waals surface area contributed by atoms with Crippen LogP contribution < -0.4 is 10.1 Å². The highest BCUT2D eigenvalue weighted by Crippen LogP contribution is 2.23. The van der Waals surface area contributed by atoms with E-state index in [2.05, 4.69) is 5.32 Å². The number of hydrogen-bond donors (Lipinski definition) is 1. The number of carbonyl (C=O) groups excluding carboxylic acids is 2. The summed E-state index contributed by atoms with van der Waals surface area (Å²) in [5, 5.41) is 3.87. The molecule has 0 saturated heterocycles. The van der Waals surface area contributed by atoms with E-state index in [4.69, 9.17) is 16.3 Å². The van der Waals surface area contributed by atoms with Crippen LogP contribution in [0.2, 0.25) is 5.02 Å². The average molecular weight is 489 g/mol. The largest absolute Gasteiger partial charge is 0.497 e. The normalized spacial score (nSPS) is 15.0. The first-order chi connectivity index (χ1) is 16.0. The summed E-state index contributed by atoms with van der Waals surface area (Å²) in [7, 11) is 1.62. The van der Waals surface area contributed by atoms with E-state index < -0.39 is 6.04 Å². The molecule has 1 saturated carbocycles. The van der Waals surface area contributed by atoms with E-state index in [9.17, 15) is 9.59 Å². The van der Waals surface area contributed by atoms with Crippen LogP contribution in [0.4, 0.5) is 0 Å². The van der Waals surface area contributed by atoms with Gasteiger partial charge >= 0.3 is 0 Å². The van der Waals surface area contributed by atoms with Gasteiger partial charge in [0.05, 0.1) is 12.9 Å². The zero-order chi connectivity index (χ0) is 23.6. The third-order valence-electron chi connectivity index (χ3n) is 6.05. The van der Waals surface area contributed by atoms with Crippen molar-refractivity contribution >= 4 is 35.2 Å². The Morgan fingerprint density at radius 2 is 1.91 bits per heavy atom. The van der Waals surface area contributed by atoms with Crippen molar-refractivity contribution in [3.05, 3.63) is 64.7 Å². The van der Waals surface area contributed by atoms with E-state index in [0.29, 0.717) is 17.3 Å². The maximum absolute atomic E-state index is 13.3. The second-order valence-electron chi connectivity index (χ2n) is 8.48. The van der Waals surface area contributed by atoms with Gasteiger partial charge in [0.25, 0.3) is 0 Å². The van der Waals surface area contributed by atoms with Crippen LogP contribution in [-0.4, -0.2) is 41.7 Å². The molecule has 1 N–H and O–H groups in total. The first-order valence-electron chi connectivity index (χ1n) is 11.5. The number of hydrogen-bond acceptors (Lipinski definition) is 4. The lowest BCUT2D eigenvalue weighted by Crippen LogP contribution is -2.50. The molecule has 178 valence electrons. The summed E-state index contributed by atoms with van der Waals surface area (Å²) in [6.45, 7) is 2.16. The lowest BCUT2D eigenvalue weighted by atomic mass is 9.95. The third kappa shape index (κ3) is 7.68. The maximum Gasteiger partial charge on any atom is 0.242 e. The molecule has 0 spiro atoms. The van der Waals surface area contributed by atoms with E-state index in [1.54, 1.807) is 12.0 Å². The molecule has 33 heavy (non-hydrogen) atoms. The fraction of sp³-hybridized carbons (Fsp3) is 0.462. The number of benzene rings is 2. The van der Waals surface area contributed by atoms with E-state index >= 15 is 0 Å². The molecule has 3 rings (SSSR count). The smallest absolute Gasteiger partial charge is 0.242 e. The Balaban J connectivity index is 1.68. The van der Waals surface area contributed by atoms with Gasteiger partial charge in [-0.05, 0) is 49.1 Å². The van der Waals surface area contributed by atoms with Crippen molar-refractivity contribution in [2.45, 2.75) is 63.4 Å². The van der Waals surface area contributed by atoms with E-state index in [-0.39, 0.29) is 23.6 Å². The fourth-order valence-electron chi connectivity index (χ4n) is 4.07. The van der Waals surface area contributed by atoms with Crippen LogP contribution in [0, 0.1) is 0 Å². The number of amides is 2. The predicted molar refractivity (Wildman–Crippen MR) is 136 cm³/mol. The Hall–Kier alpha value is -2.18. The van der Waals surface area contributed by atoms with Crippen LogP contribution >= 0.6 is 23.4 Å². The molecule has 0 radical (unpaired) electrons. The molecule has 0 unspecified atom stereocenters. The Kier molecular flexibility index (Phi) is 9.95. The standard InChI is InChI=1S/C26H33ClN2O3S/c1-19(26(31)28-22-11-4-3-5-12-22)29(16-20-9-8-13-23(15-20)32-2)25(30)18-33-17-21-10-6-7-14-24(21)27/h6-10,13-15,19,22H,3-5,11-12,16-18H2,1-2H3,(H,28,31)/t19-/m1/s1. The Morgan fingerprint density at radius 3 is 2.64 bits per heavy atom. The van der Waals surface area contributed by atoms with Gasteiger partial charge in [-0.15, -0.1) is 11.8 Å². The van der Waals surface area contributed by atoms with Crippen LogP contribution in [0.3, 0.4) is 0 Å². The van der Waals surface area contributed by atoms with Crippen molar-refractivity contribution in [2.24, 2.45) is 0 Å². The highest BCUT2D eigenvalue weighted by atomic mass is 35.5. The summed E-state index contributed by atoms with van der Waals surface area (Å²) in [5.74, 6) is 1.49. The van der Waals surface area contributed by atoms with Gasteiger partial charge in [-0.25, -0.2) is 0 Å². The number of nitrogens with one attached hydrogen (secondary N) is 1. The van der Waals surface area contributed by atoms with Gasteiger partial charge in [0.1, 0.15) is 11.8 Å². The SMILES string of the molecule is COc1cccc(CN(C(=O)CSCc2ccccc2Cl)[C@H](C)C(=O)NC2CCCCC2)c1. The fourth-order valence-corrected chi connectivity index (χ4v) is 5.26. The van der Waals surface area contributed by atoms with E-state index in [0.717, 1.165) is 42.6 Å². The molecule has 0 heterocycles. The molecular weight excluding hydrogens is 456 g/mol. The lowest BCUT2D eigenvalue weighted by Gasteiger charge is -2.31. The molecule has 1 aliphatic rings. The molecule has 2 aromatic rings. The van der Waals surface area contributed by atoms with Crippen LogP contribution in [0.25, 0.3) is 0 Å². The molecule has 5 nitrogen and oxygen atoms in total. The average Bonchev–Trinajstić information content (AvgIpc) is 2.84. The Bertz CT molecular complexity index is 933. The summed E-state index contributed by atoms with van der Waals surface area (Å²) >= 11 is 7.76. The zero-order valence-electron chi connectivity index (χ0n) is 19.4. The second-order valence-corrected chi connectivity index (χ2v) is 9.87. The summed E-state index contributed by atoms with van der Waals surface area (Å²) in [6, 6.07) is 14.9. The quantitative estimate of drug-likeness (QED) is 0.483. The molecule has 0 aliphatic heterocycles. The number of thioether (sulfide) groups is 1. The Morgan fingerprint density at radius 1 is 1.15 bits per heavy atom. The summed E-state index contributed by atoms with van der Waals surface area (Å²) in [5.41, 5.74) is 1.93. The zero-order valence-corrected chi connectivity index (χ0v) is 21.0. The molecule has 0 aromatic heterocycles. The second kappa shape index (κ2) is 12.9. The van der Waals surface area contributed by atoms with Gasteiger partial charge in [-0.3, -0.25) is 9.59 Å². The minimum Gasteiger partial charge on any atom is -0.497 e. The molecular formula is C26H33ClN2O3S. The number of rotatable bonds is 10. The molecule has 1 fully saturated rings. The van der Waals surface area contributed by atoms with Crippen LogP contribution in [-0.2, 0) is 21.9 Å². The van der Waals surface area contributed by atoms with Crippen molar-refractivity contribution in [1.82, 2.24) is 10.2 Å². The summed E-state index contributed by atoms with van der Waals surface area (Å²) in [4.78, 5) is 28.0. The molecule has 1 aliphatic carbocycles. The van der Waals surface area contributed by atoms with E-state index in [1.165, 1.54) is 18.2 Å². The molecule has 7 heteroatoms. The molecule has 2 amide bonds. The monoisotopic (exact) mass is 488 g/mol. The number of ether oxygens (including phenoxy) is 1. The first-order valence-corrected chi connectivity index (χ1v) is 13.0. The van der Waals surface area contributed by atoms with Gasteiger partial charge in [-0.1, -0.05) is 61.2 Å². The first kappa shape index (κ1) is 25.4. The topological polar surface area (TPSA) is 58.6 Å². The highest BCUT2D eigenvalue weighted by molar-refractivity contribution is 7.99. The minimum absolute atomic E-state index is 0.0684. The van der Waals surface area contributed by atoms with Crippen molar-refractivity contribution < 1.29 is 14.3 Å². The van der Waals surface area contributed by atoms with Crippen molar-refractivity contribution in [2.75, 3.05) is 12.9 Å². The number of halogens is 1. The molecule has 0 bridgehead atoms. The van der Waals surface area contributed by atoms with Gasteiger partial charge in [-0.2, -0.15) is 0 Å². The van der Waals surface area contributed by atoms with Crippen molar-refractivity contribution in [1.29, 1.82) is 0 Å². The van der Waals surface area contributed by atoms with Gasteiger partial charge < -0.3 is 15.0 Å². The van der Waals surface area contributed by atoms with Gasteiger partial charge in [0, 0.05) is 23.4 Å². The summed E-state index contributed by atoms with van der Waals surface area (Å²) < 4.78 is 5.33. The van der Waals surface area contributed by atoms with Crippen LogP contribution in [0.5, 0.6) is 5.75 Å². The van der Waals surface area contributed by atoms with Crippen LogP contribution in [0.15, 0.2) is 48.5 Å². The molecule has 2 aromatic carbocycles. The number of carbonyl (C=O) groups is 2. The lowest BCUT2D eigenvalue weighted by molar-refractivity contribution is -0.139. The minimum atomic E-state index is -0.563.